The van der Waals surface area contributed by atoms with Gasteiger partial charge in [-0.1, -0.05) is 67.5 Å². The number of pyridine rings is 2. The summed E-state index contributed by atoms with van der Waals surface area (Å²) in [6.45, 7) is 8.64. The molecule has 6 heteroatoms. The van der Waals surface area contributed by atoms with Gasteiger partial charge in [-0.25, -0.2) is 0 Å². The fourth-order valence-corrected chi connectivity index (χ4v) is 5.54. The Kier molecular flexibility index (Phi) is 7.42. The molecule has 0 fully saturated rings. The minimum atomic E-state index is -1.53. The van der Waals surface area contributed by atoms with Crippen LogP contribution in [0.3, 0.4) is 0 Å². The van der Waals surface area contributed by atoms with Crippen molar-refractivity contribution < 1.29 is 0 Å². The summed E-state index contributed by atoms with van der Waals surface area (Å²) in [4.78, 5) is 28.8. The molecule has 3 aromatic carbocycles. The minimum Gasteiger partial charge on any atom is -0.328 e. The number of fused-ring (bicyclic) bond motifs is 1. The molecule has 0 amide bonds. The highest BCUT2D eigenvalue weighted by Crippen LogP contribution is 2.30. The third-order valence-corrected chi connectivity index (χ3v) is 8.21. The van der Waals surface area contributed by atoms with Gasteiger partial charge < -0.3 is 9.55 Å². The molecular weight excluding hydrogens is 532 g/mol. The van der Waals surface area contributed by atoms with Gasteiger partial charge in [0, 0.05) is 52.8 Å². The number of halogens is 1. The molecule has 5 aromatic rings. The van der Waals surface area contributed by atoms with E-state index >= 15 is 0 Å². The van der Waals surface area contributed by atoms with Crippen molar-refractivity contribution in [2.45, 2.75) is 33.0 Å². The van der Waals surface area contributed by atoms with E-state index < -0.39 is 8.07 Å². The lowest BCUT2D eigenvalue weighted by Gasteiger charge is -2.14. The van der Waals surface area contributed by atoms with Crippen LogP contribution in [0.25, 0.3) is 33.2 Å². The largest absolute Gasteiger partial charge is 0.328 e. The maximum absolute atomic E-state index is 13.0. The van der Waals surface area contributed by atoms with Crippen LogP contribution in [0, 0.1) is 18.4 Å². The van der Waals surface area contributed by atoms with Crippen LogP contribution in [0.5, 0.6) is 0 Å². The molecule has 0 radical (unpaired) electrons. The Morgan fingerprint density at radius 1 is 0.900 bits per heavy atom. The monoisotopic (exact) mass is 562 g/mol. The van der Waals surface area contributed by atoms with Crippen molar-refractivity contribution in [3.63, 3.8) is 0 Å². The Morgan fingerprint density at radius 3 is 2.38 bits per heavy atom. The average molecular weight is 563 g/mol. The maximum Gasteiger partial charge on any atom is 0.251 e. The molecule has 0 atom stereocenters. The maximum atomic E-state index is 13.0. The average Bonchev–Trinajstić information content (AvgIpc) is 2.92. The first-order valence-electron chi connectivity index (χ1n) is 13.2. The Morgan fingerprint density at radius 2 is 1.65 bits per heavy atom. The third kappa shape index (κ3) is 5.74. The molecule has 0 aliphatic heterocycles. The fraction of sp³-hybridized carbons (Fsp3) is 0.176. The van der Waals surface area contributed by atoms with Crippen LogP contribution in [-0.4, -0.2) is 17.6 Å². The van der Waals surface area contributed by atoms with E-state index in [1.807, 2.05) is 61.5 Å². The number of nitrogens with one attached hydrogen (secondary N) is 1. The van der Waals surface area contributed by atoms with Crippen molar-refractivity contribution in [1.82, 2.24) is 9.55 Å². The number of hydrogen-bond acceptors (Lipinski definition) is 2. The smallest absolute Gasteiger partial charge is 0.251 e. The third-order valence-electron chi connectivity index (χ3n) is 7.08. The van der Waals surface area contributed by atoms with Crippen LogP contribution >= 0.6 is 11.6 Å². The number of benzene rings is 3. The second kappa shape index (κ2) is 10.8. The van der Waals surface area contributed by atoms with E-state index in [0.29, 0.717) is 17.0 Å². The first-order valence-corrected chi connectivity index (χ1v) is 17.1. The van der Waals surface area contributed by atoms with Crippen LogP contribution in [0.2, 0.25) is 24.7 Å². The van der Waals surface area contributed by atoms with Gasteiger partial charge in [0.15, 0.2) is 0 Å². The van der Waals surface area contributed by atoms with Crippen LogP contribution in [-0.2, 0) is 13.5 Å². The van der Waals surface area contributed by atoms with Crippen molar-refractivity contribution in [2.24, 2.45) is 7.05 Å². The predicted octanol–water partition coefficient (Wildman–Crippen LogP) is 7.34. The summed E-state index contributed by atoms with van der Waals surface area (Å²) in [7, 11) is 0.259. The van der Waals surface area contributed by atoms with Gasteiger partial charge in [-0.15, -0.1) is 5.54 Å². The van der Waals surface area contributed by atoms with Crippen LogP contribution < -0.4 is 11.1 Å². The highest BCUT2D eigenvalue weighted by atomic mass is 35.5. The van der Waals surface area contributed by atoms with E-state index in [0.717, 1.165) is 49.8 Å². The van der Waals surface area contributed by atoms with E-state index in [1.165, 1.54) is 0 Å². The number of H-pyrrole nitrogens is 1. The van der Waals surface area contributed by atoms with Crippen molar-refractivity contribution in [1.29, 1.82) is 0 Å². The Labute approximate surface area is 240 Å². The van der Waals surface area contributed by atoms with Crippen molar-refractivity contribution in [3.8, 4) is 33.7 Å². The number of rotatable bonds is 4. The zero-order chi connectivity index (χ0) is 28.6. The van der Waals surface area contributed by atoms with Gasteiger partial charge in [-0.2, -0.15) is 0 Å². The molecular formula is C34H31ClN2O2Si. The number of aryl methyl sites for hydroxylation is 1. The van der Waals surface area contributed by atoms with Gasteiger partial charge in [0.2, 0.25) is 0 Å². The quantitative estimate of drug-likeness (QED) is 0.184. The molecule has 4 nitrogen and oxygen atoms in total. The highest BCUT2D eigenvalue weighted by Gasteiger charge is 2.15. The summed E-state index contributed by atoms with van der Waals surface area (Å²) < 4.78 is 1.66. The summed E-state index contributed by atoms with van der Waals surface area (Å²) >= 11 is 6.09. The molecule has 5 rings (SSSR count). The molecule has 0 unspecified atom stereocenters. The molecule has 2 heterocycles. The molecule has 0 saturated heterocycles. The zero-order valence-electron chi connectivity index (χ0n) is 23.4. The predicted molar refractivity (Wildman–Crippen MR) is 170 cm³/mol. The zero-order valence-corrected chi connectivity index (χ0v) is 25.1. The number of aromatic nitrogens is 2. The van der Waals surface area contributed by atoms with Crippen molar-refractivity contribution in [3.05, 3.63) is 127 Å². The van der Waals surface area contributed by atoms with E-state index in [2.05, 4.69) is 48.2 Å². The summed E-state index contributed by atoms with van der Waals surface area (Å²) in [5, 5.41) is 1.62. The summed E-state index contributed by atoms with van der Waals surface area (Å²) in [5.74, 6) is 3.33. The van der Waals surface area contributed by atoms with Gasteiger partial charge in [-0.3, -0.25) is 9.59 Å². The SMILES string of the molecule is Cc1c(-c2ccc(Cl)cc2)c[nH]c(=O)c1Cc1ccc2c(c1)c(-c1cccc(C#C[Si](C)(C)C)c1)cc(=O)n2C. The van der Waals surface area contributed by atoms with E-state index in [9.17, 15) is 9.59 Å². The second-order valence-electron chi connectivity index (χ2n) is 11.2. The Hall–Kier alpha value is -4.11. The first-order chi connectivity index (χ1) is 19.0. The Bertz CT molecular complexity index is 1940. The molecule has 200 valence electrons. The van der Waals surface area contributed by atoms with Gasteiger partial charge >= 0.3 is 0 Å². The van der Waals surface area contributed by atoms with E-state index in [-0.39, 0.29) is 11.1 Å². The number of aromatic amines is 1. The summed E-state index contributed by atoms with van der Waals surface area (Å²) in [6.07, 6.45) is 2.22. The molecule has 40 heavy (non-hydrogen) atoms. The molecule has 0 aliphatic carbocycles. The van der Waals surface area contributed by atoms with Gasteiger partial charge in [0.05, 0.1) is 5.52 Å². The van der Waals surface area contributed by atoms with Crippen LogP contribution in [0.1, 0.15) is 22.3 Å². The standard InChI is InChI=1S/C34H31ClN2O2Si/c1-22-28(34(39)36-21-31(22)25-10-12-27(35)13-11-25)18-24-9-14-32-30(19-24)29(20-33(38)37(32)2)26-8-6-7-23(17-26)15-16-40(3,4)5/h6-14,17,19-21H,18H2,1-5H3,(H,36,39). The molecule has 0 saturated carbocycles. The molecule has 0 aliphatic rings. The highest BCUT2D eigenvalue weighted by molar-refractivity contribution is 6.83. The molecule has 2 aromatic heterocycles. The lowest BCUT2D eigenvalue weighted by atomic mass is 9.93. The number of hydrogen-bond donors (Lipinski definition) is 1. The summed E-state index contributed by atoms with van der Waals surface area (Å²) in [5.41, 5.74) is 11.4. The number of nitrogens with zero attached hydrogens (tertiary/aromatic N) is 1. The second-order valence-corrected chi connectivity index (χ2v) is 16.4. The topological polar surface area (TPSA) is 54.9 Å². The first kappa shape index (κ1) is 27.5. The van der Waals surface area contributed by atoms with Gasteiger partial charge in [0.25, 0.3) is 11.1 Å². The Balaban J connectivity index is 1.61. The lowest BCUT2D eigenvalue weighted by Crippen LogP contribution is -2.17. The molecule has 1 N–H and O–H groups in total. The molecule has 0 spiro atoms. The van der Waals surface area contributed by atoms with Crippen LogP contribution in [0.15, 0.2) is 88.6 Å². The van der Waals surface area contributed by atoms with E-state index in [4.69, 9.17) is 11.6 Å². The van der Waals surface area contributed by atoms with Crippen molar-refractivity contribution in [2.75, 3.05) is 0 Å². The minimum absolute atomic E-state index is 0.0724. The van der Waals surface area contributed by atoms with Crippen molar-refractivity contribution >= 4 is 30.6 Å². The lowest BCUT2D eigenvalue weighted by molar-refractivity contribution is 0.906. The van der Waals surface area contributed by atoms with Gasteiger partial charge in [-0.05, 0) is 71.1 Å². The van der Waals surface area contributed by atoms with Crippen LogP contribution in [0.4, 0.5) is 0 Å². The summed E-state index contributed by atoms with van der Waals surface area (Å²) in [6, 6.07) is 23.4. The van der Waals surface area contributed by atoms with E-state index in [1.54, 1.807) is 23.9 Å². The van der Waals surface area contributed by atoms with Gasteiger partial charge in [0.1, 0.15) is 8.07 Å². The fourth-order valence-electron chi connectivity index (χ4n) is 4.89. The normalized spacial score (nSPS) is 11.3. The molecule has 0 bridgehead atoms.